The van der Waals surface area contributed by atoms with Crippen molar-refractivity contribution in [2.75, 3.05) is 0 Å². The standard InChI is InChI=1S/C18H14ClN5O2/c1-23-10-12(9-21-23)24-7-5-18(25)17(22-24)11-26-13-2-3-16-14(8-13)15(19)4-6-20-16/h2-10H,11H2,1H3. The van der Waals surface area contributed by atoms with Crippen molar-refractivity contribution < 1.29 is 4.74 Å². The fourth-order valence-electron chi connectivity index (χ4n) is 2.55. The van der Waals surface area contributed by atoms with Gasteiger partial charge in [0.25, 0.3) is 0 Å². The number of rotatable bonds is 4. The molecule has 3 aromatic heterocycles. The maximum absolute atomic E-state index is 12.1. The van der Waals surface area contributed by atoms with Crippen molar-refractivity contribution in [1.82, 2.24) is 24.5 Å². The second kappa shape index (κ2) is 6.61. The Labute approximate surface area is 153 Å². The summed E-state index contributed by atoms with van der Waals surface area (Å²) >= 11 is 6.19. The number of hydrogen-bond donors (Lipinski definition) is 0. The van der Waals surface area contributed by atoms with Crippen LogP contribution in [0, 0.1) is 0 Å². The molecule has 130 valence electrons. The lowest BCUT2D eigenvalue weighted by molar-refractivity contribution is 0.298. The summed E-state index contributed by atoms with van der Waals surface area (Å²) in [6.07, 6.45) is 6.73. The van der Waals surface area contributed by atoms with E-state index in [9.17, 15) is 4.79 Å². The minimum atomic E-state index is -0.189. The second-order valence-electron chi connectivity index (χ2n) is 5.70. The first-order chi connectivity index (χ1) is 12.6. The number of hydrogen-bond acceptors (Lipinski definition) is 5. The van der Waals surface area contributed by atoms with Gasteiger partial charge in [-0.3, -0.25) is 14.5 Å². The summed E-state index contributed by atoms with van der Waals surface area (Å²) in [6.45, 7) is 0.0450. The van der Waals surface area contributed by atoms with Crippen molar-refractivity contribution in [2.45, 2.75) is 6.61 Å². The van der Waals surface area contributed by atoms with Gasteiger partial charge < -0.3 is 4.74 Å². The van der Waals surface area contributed by atoms with E-state index in [1.165, 1.54) is 6.07 Å². The van der Waals surface area contributed by atoms with Crippen LogP contribution in [-0.2, 0) is 13.7 Å². The Hall–Kier alpha value is -3.19. The Balaban J connectivity index is 1.60. The van der Waals surface area contributed by atoms with Crippen LogP contribution in [-0.4, -0.2) is 24.5 Å². The molecule has 8 heteroatoms. The maximum Gasteiger partial charge on any atom is 0.206 e. The third kappa shape index (κ3) is 3.16. The van der Waals surface area contributed by atoms with Gasteiger partial charge in [-0.05, 0) is 24.3 Å². The first-order valence-corrected chi connectivity index (χ1v) is 8.23. The number of aromatic nitrogens is 5. The van der Waals surface area contributed by atoms with Crippen LogP contribution in [0.15, 0.2) is 59.9 Å². The van der Waals surface area contributed by atoms with Crippen LogP contribution < -0.4 is 10.2 Å². The normalized spacial score (nSPS) is 11.0. The van der Waals surface area contributed by atoms with E-state index in [2.05, 4.69) is 15.2 Å². The van der Waals surface area contributed by atoms with E-state index in [0.29, 0.717) is 16.5 Å². The van der Waals surface area contributed by atoms with Crippen LogP contribution in [0.25, 0.3) is 16.6 Å². The fraction of sp³-hybridized carbons (Fsp3) is 0.111. The van der Waals surface area contributed by atoms with Gasteiger partial charge in [0.05, 0.1) is 22.9 Å². The summed E-state index contributed by atoms with van der Waals surface area (Å²) in [5, 5.41) is 9.83. The fourth-order valence-corrected chi connectivity index (χ4v) is 2.76. The highest BCUT2D eigenvalue weighted by Gasteiger charge is 2.08. The SMILES string of the molecule is Cn1cc(-n2ccc(=O)c(COc3ccc4nccc(Cl)c4c3)n2)cn1. The Morgan fingerprint density at radius 1 is 1.23 bits per heavy atom. The topological polar surface area (TPSA) is 74.8 Å². The van der Waals surface area contributed by atoms with Crippen molar-refractivity contribution in [3.63, 3.8) is 0 Å². The molecule has 0 radical (unpaired) electrons. The third-order valence-corrected chi connectivity index (χ3v) is 4.20. The van der Waals surface area contributed by atoms with E-state index in [4.69, 9.17) is 16.3 Å². The lowest BCUT2D eigenvalue weighted by atomic mass is 10.2. The summed E-state index contributed by atoms with van der Waals surface area (Å²) < 4.78 is 9.01. The molecule has 7 nitrogen and oxygen atoms in total. The molecule has 4 aromatic rings. The molecule has 0 N–H and O–H groups in total. The second-order valence-corrected chi connectivity index (χ2v) is 6.11. The van der Waals surface area contributed by atoms with Crippen LogP contribution in [0.3, 0.4) is 0 Å². The number of pyridine rings is 1. The van der Waals surface area contributed by atoms with Gasteiger partial charge in [0.2, 0.25) is 5.43 Å². The Bertz CT molecular complexity index is 1150. The minimum absolute atomic E-state index is 0.0450. The van der Waals surface area contributed by atoms with Gasteiger partial charge in [0.1, 0.15) is 23.7 Å². The molecule has 4 rings (SSSR count). The van der Waals surface area contributed by atoms with Gasteiger partial charge in [-0.15, -0.1) is 0 Å². The highest BCUT2D eigenvalue weighted by molar-refractivity contribution is 6.35. The third-order valence-electron chi connectivity index (χ3n) is 3.87. The maximum atomic E-state index is 12.1. The van der Waals surface area contributed by atoms with Crippen molar-refractivity contribution in [3.05, 3.63) is 76.1 Å². The first kappa shape index (κ1) is 16.3. The van der Waals surface area contributed by atoms with E-state index in [1.54, 1.807) is 52.4 Å². The molecule has 0 fully saturated rings. The molecule has 0 bridgehead atoms. The first-order valence-electron chi connectivity index (χ1n) is 7.85. The van der Waals surface area contributed by atoms with Crippen molar-refractivity contribution in [1.29, 1.82) is 0 Å². The van der Waals surface area contributed by atoms with Crippen LogP contribution in [0.5, 0.6) is 5.75 Å². The van der Waals surface area contributed by atoms with E-state index >= 15 is 0 Å². The average Bonchev–Trinajstić information content (AvgIpc) is 3.08. The van der Waals surface area contributed by atoms with E-state index < -0.39 is 0 Å². The molecule has 0 aliphatic heterocycles. The van der Waals surface area contributed by atoms with E-state index in [-0.39, 0.29) is 12.0 Å². The number of fused-ring (bicyclic) bond motifs is 1. The molecule has 0 unspecified atom stereocenters. The molecule has 0 atom stereocenters. The summed E-state index contributed by atoms with van der Waals surface area (Å²) in [5.74, 6) is 0.588. The Morgan fingerprint density at radius 3 is 2.92 bits per heavy atom. The molecule has 3 heterocycles. The number of halogens is 1. The van der Waals surface area contributed by atoms with Crippen molar-refractivity contribution in [2.24, 2.45) is 7.05 Å². The zero-order valence-electron chi connectivity index (χ0n) is 13.8. The molecule has 0 aliphatic carbocycles. The molecule has 0 amide bonds. The van der Waals surface area contributed by atoms with Crippen molar-refractivity contribution >= 4 is 22.5 Å². The molecule has 0 aliphatic rings. The van der Waals surface area contributed by atoms with Gasteiger partial charge in [0.15, 0.2) is 0 Å². The number of aryl methyl sites for hydroxylation is 1. The average molecular weight is 368 g/mol. The van der Waals surface area contributed by atoms with Gasteiger partial charge in [-0.1, -0.05) is 11.6 Å². The summed E-state index contributed by atoms with van der Waals surface area (Å²) in [7, 11) is 1.82. The van der Waals surface area contributed by atoms with Crippen LogP contribution in [0.4, 0.5) is 0 Å². The smallest absolute Gasteiger partial charge is 0.206 e. The zero-order valence-corrected chi connectivity index (χ0v) is 14.6. The zero-order chi connectivity index (χ0) is 18.1. The van der Waals surface area contributed by atoms with Gasteiger partial charge in [-0.2, -0.15) is 10.2 Å². The molecule has 0 spiro atoms. The Kier molecular flexibility index (Phi) is 4.14. The number of ether oxygens (including phenoxy) is 1. The summed E-state index contributed by atoms with van der Waals surface area (Å²) in [5.41, 5.74) is 1.65. The van der Waals surface area contributed by atoms with Crippen LogP contribution in [0.2, 0.25) is 5.02 Å². The molecular weight excluding hydrogens is 354 g/mol. The van der Waals surface area contributed by atoms with Gasteiger partial charge >= 0.3 is 0 Å². The quantitative estimate of drug-likeness (QED) is 0.554. The predicted octanol–water partition coefficient (Wildman–Crippen LogP) is 2.75. The van der Waals surface area contributed by atoms with Crippen molar-refractivity contribution in [3.8, 4) is 11.4 Å². The largest absolute Gasteiger partial charge is 0.487 e. The molecular formula is C18H14ClN5O2. The van der Waals surface area contributed by atoms with E-state index in [0.717, 1.165) is 16.6 Å². The van der Waals surface area contributed by atoms with Gasteiger partial charge in [-0.25, -0.2) is 4.68 Å². The van der Waals surface area contributed by atoms with Crippen LogP contribution >= 0.6 is 11.6 Å². The van der Waals surface area contributed by atoms with E-state index in [1.807, 2.05) is 13.1 Å². The minimum Gasteiger partial charge on any atom is -0.487 e. The number of benzene rings is 1. The molecule has 1 aromatic carbocycles. The lowest BCUT2D eigenvalue weighted by Gasteiger charge is -2.08. The lowest BCUT2D eigenvalue weighted by Crippen LogP contribution is -2.17. The summed E-state index contributed by atoms with van der Waals surface area (Å²) in [6, 6.07) is 8.59. The van der Waals surface area contributed by atoms with Crippen LogP contribution in [0.1, 0.15) is 5.69 Å². The molecule has 26 heavy (non-hydrogen) atoms. The molecule has 0 saturated heterocycles. The highest BCUT2D eigenvalue weighted by Crippen LogP contribution is 2.25. The highest BCUT2D eigenvalue weighted by atomic mass is 35.5. The van der Waals surface area contributed by atoms with Gasteiger partial charge in [0, 0.05) is 30.9 Å². The number of nitrogens with zero attached hydrogens (tertiary/aromatic N) is 5. The Morgan fingerprint density at radius 2 is 2.12 bits per heavy atom. The monoisotopic (exact) mass is 367 g/mol. The molecule has 0 saturated carbocycles. The predicted molar refractivity (Wildman–Crippen MR) is 97.7 cm³/mol. The summed E-state index contributed by atoms with van der Waals surface area (Å²) in [4.78, 5) is 16.3.